The summed E-state index contributed by atoms with van der Waals surface area (Å²) in [6, 6.07) is 26.6. The van der Waals surface area contributed by atoms with E-state index < -0.39 is 0 Å². The minimum absolute atomic E-state index is 0.0279. The monoisotopic (exact) mass is 481 g/mol. The SMILES string of the molecule is CSCc1nc2ccccc2n1CC(=O)NCc1ccccc1-c1ccc(Cn2cccn2)cc1. The van der Waals surface area contributed by atoms with Gasteiger partial charge in [-0.15, -0.1) is 0 Å². The van der Waals surface area contributed by atoms with Crippen LogP contribution in [0.4, 0.5) is 0 Å². The van der Waals surface area contributed by atoms with Crippen molar-refractivity contribution < 1.29 is 4.79 Å². The summed E-state index contributed by atoms with van der Waals surface area (Å²) in [5.74, 6) is 1.66. The lowest BCUT2D eigenvalue weighted by molar-refractivity contribution is -0.121. The molecular formula is C28H27N5OS. The zero-order chi connectivity index (χ0) is 24.0. The lowest BCUT2D eigenvalue weighted by Gasteiger charge is -2.13. The van der Waals surface area contributed by atoms with Gasteiger partial charge >= 0.3 is 0 Å². The molecule has 0 spiro atoms. The first-order valence-electron chi connectivity index (χ1n) is 11.6. The van der Waals surface area contributed by atoms with Gasteiger partial charge in [0.05, 0.1) is 23.3 Å². The van der Waals surface area contributed by atoms with Gasteiger partial charge in [-0.05, 0) is 46.7 Å². The van der Waals surface area contributed by atoms with Crippen molar-refractivity contribution in [3.63, 3.8) is 0 Å². The van der Waals surface area contributed by atoms with Gasteiger partial charge in [-0.2, -0.15) is 16.9 Å². The van der Waals surface area contributed by atoms with Gasteiger partial charge < -0.3 is 9.88 Å². The van der Waals surface area contributed by atoms with Gasteiger partial charge in [0.25, 0.3) is 0 Å². The van der Waals surface area contributed by atoms with E-state index in [1.807, 2.05) is 64.2 Å². The fourth-order valence-corrected chi connectivity index (χ4v) is 4.74. The van der Waals surface area contributed by atoms with Gasteiger partial charge in [0.2, 0.25) is 5.91 Å². The Labute approximate surface area is 209 Å². The summed E-state index contributed by atoms with van der Waals surface area (Å²) in [6.07, 6.45) is 5.80. The van der Waals surface area contributed by atoms with Crippen LogP contribution in [0.1, 0.15) is 17.0 Å². The third kappa shape index (κ3) is 5.30. The molecule has 0 atom stereocenters. The summed E-state index contributed by atoms with van der Waals surface area (Å²) in [6.45, 7) is 1.46. The van der Waals surface area contributed by atoms with E-state index in [9.17, 15) is 4.79 Å². The summed E-state index contributed by atoms with van der Waals surface area (Å²) in [7, 11) is 0. The maximum Gasteiger partial charge on any atom is 0.240 e. The zero-order valence-corrected chi connectivity index (χ0v) is 20.4. The Morgan fingerprint density at radius 1 is 0.971 bits per heavy atom. The number of fused-ring (bicyclic) bond motifs is 1. The molecule has 1 amide bonds. The highest BCUT2D eigenvalue weighted by molar-refractivity contribution is 7.97. The number of hydrogen-bond acceptors (Lipinski definition) is 4. The average Bonchev–Trinajstić information content (AvgIpc) is 3.52. The van der Waals surface area contributed by atoms with Crippen LogP contribution in [0.25, 0.3) is 22.2 Å². The minimum atomic E-state index is -0.0279. The maximum atomic E-state index is 13.0. The highest BCUT2D eigenvalue weighted by atomic mass is 32.2. The molecule has 0 saturated heterocycles. The Balaban J connectivity index is 1.29. The normalized spacial score (nSPS) is 11.1. The number of rotatable bonds is 9. The van der Waals surface area contributed by atoms with Gasteiger partial charge in [-0.3, -0.25) is 9.48 Å². The molecule has 6 nitrogen and oxygen atoms in total. The first-order valence-corrected chi connectivity index (χ1v) is 12.9. The zero-order valence-electron chi connectivity index (χ0n) is 19.6. The minimum Gasteiger partial charge on any atom is -0.350 e. The second-order valence-electron chi connectivity index (χ2n) is 8.37. The van der Waals surface area contributed by atoms with Crippen LogP contribution in [0, 0.1) is 0 Å². The van der Waals surface area contributed by atoms with E-state index in [1.165, 1.54) is 5.56 Å². The Morgan fingerprint density at radius 2 is 1.77 bits per heavy atom. The van der Waals surface area contributed by atoms with Crippen molar-refractivity contribution >= 4 is 28.7 Å². The smallest absolute Gasteiger partial charge is 0.240 e. The van der Waals surface area contributed by atoms with E-state index in [2.05, 4.69) is 46.8 Å². The molecule has 5 aromatic rings. The van der Waals surface area contributed by atoms with Gasteiger partial charge in [-0.1, -0.05) is 60.7 Å². The van der Waals surface area contributed by atoms with Crippen LogP contribution >= 0.6 is 11.8 Å². The van der Waals surface area contributed by atoms with Crippen molar-refractivity contribution in [1.29, 1.82) is 0 Å². The van der Waals surface area contributed by atoms with Gasteiger partial charge in [0.15, 0.2) is 0 Å². The van der Waals surface area contributed by atoms with Gasteiger partial charge in [0, 0.05) is 18.9 Å². The molecule has 0 aliphatic rings. The standard InChI is InChI=1S/C28H27N5OS/c1-35-20-27-31-25-9-4-5-10-26(25)33(27)19-28(34)29-17-23-7-2-3-8-24(23)22-13-11-21(12-14-22)18-32-16-6-15-30-32/h2-16H,17-20H2,1H3,(H,29,34). The van der Waals surface area contributed by atoms with E-state index in [-0.39, 0.29) is 12.5 Å². The topological polar surface area (TPSA) is 64.7 Å². The number of thioether (sulfide) groups is 1. The molecule has 35 heavy (non-hydrogen) atoms. The molecule has 0 bridgehead atoms. The Morgan fingerprint density at radius 3 is 2.57 bits per heavy atom. The van der Waals surface area contributed by atoms with Gasteiger partial charge in [-0.25, -0.2) is 4.98 Å². The van der Waals surface area contributed by atoms with Crippen molar-refractivity contribution in [2.45, 2.75) is 25.4 Å². The molecule has 0 aliphatic heterocycles. The molecule has 0 radical (unpaired) electrons. The van der Waals surface area contributed by atoms with Crippen LogP contribution in [0.5, 0.6) is 0 Å². The van der Waals surface area contributed by atoms with Crippen LogP contribution in [0.2, 0.25) is 0 Å². The molecule has 0 aliphatic carbocycles. The lowest BCUT2D eigenvalue weighted by atomic mass is 9.98. The second-order valence-corrected chi connectivity index (χ2v) is 9.24. The first kappa shape index (κ1) is 22.9. The van der Waals surface area contributed by atoms with E-state index in [1.54, 1.807) is 18.0 Å². The fourth-order valence-electron chi connectivity index (χ4n) is 4.26. The molecule has 2 heterocycles. The Kier molecular flexibility index (Phi) is 6.95. The summed E-state index contributed by atoms with van der Waals surface area (Å²) in [5, 5.41) is 7.39. The predicted octanol–water partition coefficient (Wildman–Crippen LogP) is 5.13. The van der Waals surface area contributed by atoms with Crippen LogP contribution in [-0.2, 0) is 30.2 Å². The van der Waals surface area contributed by atoms with E-state index in [0.29, 0.717) is 6.54 Å². The number of benzene rings is 3. The number of nitrogens with one attached hydrogen (secondary N) is 1. The van der Waals surface area contributed by atoms with Crippen LogP contribution < -0.4 is 5.32 Å². The maximum absolute atomic E-state index is 13.0. The van der Waals surface area contributed by atoms with Crippen LogP contribution in [0.15, 0.2) is 91.3 Å². The number of imidazole rings is 1. The van der Waals surface area contributed by atoms with Crippen molar-refractivity contribution in [3.8, 4) is 11.1 Å². The van der Waals surface area contributed by atoms with Crippen LogP contribution in [0.3, 0.4) is 0 Å². The number of para-hydroxylation sites is 2. The molecule has 1 N–H and O–H groups in total. The Bertz CT molecular complexity index is 1420. The lowest BCUT2D eigenvalue weighted by Crippen LogP contribution is -2.28. The number of amides is 1. The molecular weight excluding hydrogens is 454 g/mol. The largest absolute Gasteiger partial charge is 0.350 e. The summed E-state index contributed by atoms with van der Waals surface area (Å²) in [5.41, 5.74) is 6.43. The third-order valence-electron chi connectivity index (χ3n) is 5.97. The predicted molar refractivity (Wildman–Crippen MR) is 142 cm³/mol. The number of carbonyl (C=O) groups is 1. The quantitative estimate of drug-likeness (QED) is 0.317. The van der Waals surface area contributed by atoms with Crippen molar-refractivity contribution in [2.75, 3.05) is 6.26 Å². The highest BCUT2D eigenvalue weighted by Crippen LogP contribution is 2.24. The number of carbonyl (C=O) groups excluding carboxylic acids is 1. The molecule has 2 aromatic heterocycles. The molecule has 0 fully saturated rings. The highest BCUT2D eigenvalue weighted by Gasteiger charge is 2.14. The first-order chi connectivity index (χ1) is 17.2. The molecule has 5 rings (SSSR count). The van der Waals surface area contributed by atoms with Crippen molar-refractivity contribution in [2.24, 2.45) is 0 Å². The molecule has 0 unspecified atom stereocenters. The molecule has 7 heteroatoms. The Hall–Kier alpha value is -3.84. The van der Waals surface area contributed by atoms with E-state index in [4.69, 9.17) is 4.98 Å². The van der Waals surface area contributed by atoms with Crippen molar-refractivity contribution in [3.05, 3.63) is 108 Å². The molecule has 3 aromatic carbocycles. The molecule has 0 saturated carbocycles. The fraction of sp³-hybridized carbons (Fsp3) is 0.179. The van der Waals surface area contributed by atoms with E-state index >= 15 is 0 Å². The molecule has 176 valence electrons. The number of nitrogens with zero attached hydrogens (tertiary/aromatic N) is 4. The summed E-state index contributed by atoms with van der Waals surface area (Å²) >= 11 is 1.70. The summed E-state index contributed by atoms with van der Waals surface area (Å²) < 4.78 is 3.93. The number of hydrogen-bond donors (Lipinski definition) is 1. The summed E-state index contributed by atoms with van der Waals surface area (Å²) in [4.78, 5) is 17.7. The third-order valence-corrected chi connectivity index (χ3v) is 6.52. The van der Waals surface area contributed by atoms with Gasteiger partial charge in [0.1, 0.15) is 12.4 Å². The second kappa shape index (κ2) is 10.6. The number of aromatic nitrogens is 4. The van der Waals surface area contributed by atoms with Crippen LogP contribution in [-0.4, -0.2) is 31.5 Å². The average molecular weight is 482 g/mol. The van der Waals surface area contributed by atoms with Crippen molar-refractivity contribution in [1.82, 2.24) is 24.6 Å². The van der Waals surface area contributed by atoms with E-state index in [0.717, 1.165) is 45.8 Å².